The van der Waals surface area contributed by atoms with Gasteiger partial charge in [-0.15, -0.1) is 0 Å². The summed E-state index contributed by atoms with van der Waals surface area (Å²) in [5.41, 5.74) is 4.98. The molecule has 0 unspecified atom stereocenters. The van der Waals surface area contributed by atoms with Crippen molar-refractivity contribution in [3.05, 3.63) is 35.9 Å². The summed E-state index contributed by atoms with van der Waals surface area (Å²) < 4.78 is 10.5. The first kappa shape index (κ1) is 16.0. The molecule has 1 atom stereocenters. The molecule has 124 valence electrons. The fourth-order valence-corrected chi connectivity index (χ4v) is 2.75. The highest BCUT2D eigenvalue weighted by atomic mass is 32.1. The fourth-order valence-electron chi connectivity index (χ4n) is 2.49. The Labute approximate surface area is 141 Å². The van der Waals surface area contributed by atoms with Crippen LogP contribution in [-0.4, -0.2) is 56.1 Å². The van der Waals surface area contributed by atoms with Crippen LogP contribution in [0.2, 0.25) is 0 Å². The van der Waals surface area contributed by atoms with Gasteiger partial charge in [0.15, 0.2) is 5.11 Å². The van der Waals surface area contributed by atoms with Crippen LogP contribution in [-0.2, 0) is 9.57 Å². The Kier molecular flexibility index (Phi) is 5.32. The summed E-state index contributed by atoms with van der Waals surface area (Å²) >= 11 is 5.41. The molecule has 1 fully saturated rings. The van der Waals surface area contributed by atoms with Crippen LogP contribution in [0.15, 0.2) is 30.3 Å². The Morgan fingerprint density at radius 3 is 2.78 bits per heavy atom. The first-order chi connectivity index (χ1) is 11.3. The smallest absolute Gasteiger partial charge is 0.169 e. The molecule has 0 bridgehead atoms. The fraction of sp³-hybridized carbons (Fsp3) is 0.438. The minimum absolute atomic E-state index is 0.0638. The van der Waals surface area contributed by atoms with E-state index in [1.807, 2.05) is 24.3 Å². The molecule has 7 heteroatoms. The lowest BCUT2D eigenvalue weighted by atomic mass is 10.1. The van der Waals surface area contributed by atoms with Gasteiger partial charge in [0.1, 0.15) is 11.9 Å². The number of ether oxygens (including phenoxy) is 2. The lowest BCUT2D eigenvalue weighted by Gasteiger charge is -2.29. The molecule has 0 radical (unpaired) electrons. The molecule has 6 nitrogen and oxygen atoms in total. The second kappa shape index (κ2) is 7.63. The van der Waals surface area contributed by atoms with Gasteiger partial charge in [0.2, 0.25) is 0 Å². The summed E-state index contributed by atoms with van der Waals surface area (Å²) in [6.07, 6.45) is 1.99. The molecule has 1 saturated heterocycles. The van der Waals surface area contributed by atoms with Crippen LogP contribution in [0.4, 0.5) is 0 Å². The van der Waals surface area contributed by atoms with Gasteiger partial charge in [0.25, 0.3) is 0 Å². The molecule has 0 spiro atoms. The number of nitrogens with one attached hydrogen (secondary N) is 2. The molecule has 1 aromatic carbocycles. The van der Waals surface area contributed by atoms with Gasteiger partial charge < -0.3 is 19.7 Å². The molecule has 2 aliphatic rings. The van der Waals surface area contributed by atoms with E-state index in [9.17, 15) is 0 Å². The van der Waals surface area contributed by atoms with Gasteiger partial charge in [0, 0.05) is 19.6 Å². The molecule has 2 heterocycles. The SMILES string of the molecule is COc1ccc(C2=C[C@H](CNC(=S)N3CCOCC3)ON2)cc1. The highest BCUT2D eigenvalue weighted by Crippen LogP contribution is 2.20. The van der Waals surface area contributed by atoms with E-state index in [0.29, 0.717) is 6.54 Å². The average Bonchev–Trinajstić information content (AvgIpc) is 3.09. The minimum atomic E-state index is -0.0638. The quantitative estimate of drug-likeness (QED) is 0.801. The Balaban J connectivity index is 1.51. The number of thiocarbonyl (C=S) groups is 1. The van der Waals surface area contributed by atoms with E-state index < -0.39 is 0 Å². The van der Waals surface area contributed by atoms with Crippen LogP contribution in [0.5, 0.6) is 5.75 Å². The second-order valence-corrected chi connectivity index (χ2v) is 5.74. The Morgan fingerprint density at radius 1 is 1.35 bits per heavy atom. The number of methoxy groups -OCH3 is 1. The predicted molar refractivity (Wildman–Crippen MR) is 92.0 cm³/mol. The Morgan fingerprint density at radius 2 is 2.09 bits per heavy atom. The van der Waals surface area contributed by atoms with Gasteiger partial charge in [-0.2, -0.15) is 0 Å². The van der Waals surface area contributed by atoms with E-state index in [2.05, 4.69) is 21.8 Å². The second-order valence-electron chi connectivity index (χ2n) is 5.35. The molecule has 23 heavy (non-hydrogen) atoms. The average molecular weight is 335 g/mol. The molecule has 0 amide bonds. The van der Waals surface area contributed by atoms with Crippen LogP contribution in [0, 0.1) is 0 Å². The van der Waals surface area contributed by atoms with Crippen molar-refractivity contribution in [2.75, 3.05) is 40.0 Å². The highest BCUT2D eigenvalue weighted by molar-refractivity contribution is 7.80. The number of benzene rings is 1. The molecule has 3 rings (SSSR count). The van der Waals surface area contributed by atoms with Crippen LogP contribution in [0.3, 0.4) is 0 Å². The van der Waals surface area contributed by atoms with Crippen molar-refractivity contribution in [1.82, 2.24) is 15.7 Å². The third-order valence-electron chi connectivity index (χ3n) is 3.83. The summed E-state index contributed by atoms with van der Waals surface area (Å²) in [7, 11) is 1.66. The van der Waals surface area contributed by atoms with Gasteiger partial charge in [-0.05, 0) is 48.1 Å². The van der Waals surface area contributed by atoms with Crippen molar-refractivity contribution in [2.45, 2.75) is 6.10 Å². The zero-order chi connectivity index (χ0) is 16.1. The number of hydrogen-bond donors (Lipinski definition) is 2. The van der Waals surface area contributed by atoms with Crippen molar-refractivity contribution < 1.29 is 14.3 Å². The van der Waals surface area contributed by atoms with Crippen molar-refractivity contribution in [3.63, 3.8) is 0 Å². The van der Waals surface area contributed by atoms with E-state index >= 15 is 0 Å². The normalized spacial score (nSPS) is 20.7. The van der Waals surface area contributed by atoms with Crippen LogP contribution >= 0.6 is 12.2 Å². The molecule has 1 aromatic rings. The molecule has 0 aliphatic carbocycles. The van der Waals surface area contributed by atoms with E-state index in [4.69, 9.17) is 26.5 Å². The Bertz CT molecular complexity index is 570. The maximum atomic E-state index is 5.58. The lowest BCUT2D eigenvalue weighted by Crippen LogP contribution is -2.47. The third kappa shape index (κ3) is 4.13. The van der Waals surface area contributed by atoms with Crippen molar-refractivity contribution in [3.8, 4) is 5.75 Å². The van der Waals surface area contributed by atoms with Crippen LogP contribution in [0.25, 0.3) is 5.70 Å². The first-order valence-electron chi connectivity index (χ1n) is 7.64. The molecule has 0 aromatic heterocycles. The van der Waals surface area contributed by atoms with Gasteiger partial charge >= 0.3 is 0 Å². The van der Waals surface area contributed by atoms with Crippen molar-refractivity contribution >= 4 is 23.0 Å². The predicted octanol–water partition coefficient (Wildman–Crippen LogP) is 1.15. The topological polar surface area (TPSA) is 55.0 Å². The summed E-state index contributed by atoms with van der Waals surface area (Å²) in [6.45, 7) is 3.75. The highest BCUT2D eigenvalue weighted by Gasteiger charge is 2.19. The maximum Gasteiger partial charge on any atom is 0.169 e. The van der Waals surface area contributed by atoms with E-state index in [1.165, 1.54) is 0 Å². The molecule has 2 N–H and O–H groups in total. The minimum Gasteiger partial charge on any atom is -0.497 e. The monoisotopic (exact) mass is 335 g/mol. The van der Waals surface area contributed by atoms with Crippen molar-refractivity contribution in [2.24, 2.45) is 0 Å². The summed E-state index contributed by atoms with van der Waals surface area (Å²) in [5, 5.41) is 4.01. The summed E-state index contributed by atoms with van der Waals surface area (Å²) in [4.78, 5) is 7.70. The zero-order valence-electron chi connectivity index (χ0n) is 13.1. The maximum absolute atomic E-state index is 5.58. The van der Waals surface area contributed by atoms with E-state index in [-0.39, 0.29) is 6.10 Å². The van der Waals surface area contributed by atoms with Crippen molar-refractivity contribution in [1.29, 1.82) is 0 Å². The molecule has 0 saturated carbocycles. The lowest BCUT2D eigenvalue weighted by molar-refractivity contribution is 0.0516. The van der Waals surface area contributed by atoms with Gasteiger partial charge in [0.05, 0.1) is 26.0 Å². The largest absolute Gasteiger partial charge is 0.497 e. The van der Waals surface area contributed by atoms with E-state index in [0.717, 1.165) is 48.4 Å². The Hall–Kier alpha value is -1.83. The van der Waals surface area contributed by atoms with E-state index in [1.54, 1.807) is 7.11 Å². The number of morpholine rings is 1. The van der Waals surface area contributed by atoms with Crippen LogP contribution in [0.1, 0.15) is 5.56 Å². The first-order valence-corrected chi connectivity index (χ1v) is 8.05. The zero-order valence-corrected chi connectivity index (χ0v) is 13.9. The summed E-state index contributed by atoms with van der Waals surface area (Å²) in [5.74, 6) is 0.836. The number of hydroxylamine groups is 1. The number of hydrogen-bond acceptors (Lipinski definition) is 5. The van der Waals surface area contributed by atoms with Gasteiger partial charge in [-0.1, -0.05) is 0 Å². The molecular formula is C16H21N3O3S. The van der Waals surface area contributed by atoms with Gasteiger partial charge in [-0.25, -0.2) is 0 Å². The third-order valence-corrected chi connectivity index (χ3v) is 4.23. The number of nitrogens with zero attached hydrogens (tertiary/aromatic N) is 1. The molecule has 2 aliphatic heterocycles. The van der Waals surface area contributed by atoms with Crippen LogP contribution < -0.4 is 15.5 Å². The van der Waals surface area contributed by atoms with Gasteiger partial charge in [-0.3, -0.25) is 10.3 Å². The standard InChI is InChI=1S/C16H21N3O3S/c1-20-13-4-2-12(3-5-13)15-10-14(22-18-15)11-17-16(23)19-6-8-21-9-7-19/h2-5,10,14,18H,6-9,11H2,1H3,(H,17,23)/t14-/m1/s1. The molecular weight excluding hydrogens is 314 g/mol. The number of rotatable bonds is 4. The summed E-state index contributed by atoms with van der Waals surface area (Å²) in [6, 6.07) is 7.85.